The number of nitro groups is 1. The Morgan fingerprint density at radius 1 is 1.50 bits per heavy atom. The molecule has 3 N–H and O–H groups in total. The summed E-state index contributed by atoms with van der Waals surface area (Å²) < 4.78 is 5.25. The number of nitrogens with two attached hydrogens (primary N) is 1. The van der Waals surface area contributed by atoms with Crippen molar-refractivity contribution in [2.24, 2.45) is 5.92 Å². The minimum Gasteiger partial charge on any atom is -0.381 e. The van der Waals surface area contributed by atoms with Crippen molar-refractivity contribution >= 4 is 17.3 Å². The van der Waals surface area contributed by atoms with Crippen LogP contribution in [0.3, 0.4) is 0 Å². The van der Waals surface area contributed by atoms with Gasteiger partial charge in [0, 0.05) is 19.8 Å². The van der Waals surface area contributed by atoms with E-state index in [1.807, 2.05) is 0 Å². The standard InChI is InChI=1S/C10H15N5O3/c11-9-8(15(16)17)10(14-6-13-9)12-5-7-1-3-18-4-2-7/h6-7H,1-5H2,(H3,11,12,13,14). The van der Waals surface area contributed by atoms with Crippen LogP contribution in [0.1, 0.15) is 12.8 Å². The zero-order chi connectivity index (χ0) is 13.0. The molecule has 0 unspecified atom stereocenters. The van der Waals surface area contributed by atoms with E-state index in [1.54, 1.807) is 0 Å². The van der Waals surface area contributed by atoms with Crippen LogP contribution >= 0.6 is 0 Å². The van der Waals surface area contributed by atoms with E-state index in [2.05, 4.69) is 15.3 Å². The summed E-state index contributed by atoms with van der Waals surface area (Å²) in [6.45, 7) is 2.10. The molecule has 8 heteroatoms. The van der Waals surface area contributed by atoms with Crippen LogP contribution in [0, 0.1) is 16.0 Å². The van der Waals surface area contributed by atoms with Crippen LogP contribution in [-0.2, 0) is 4.74 Å². The predicted octanol–water partition coefficient (Wildman–Crippen LogP) is 0.805. The quantitative estimate of drug-likeness (QED) is 0.602. The van der Waals surface area contributed by atoms with Crippen LogP contribution in [0.15, 0.2) is 6.33 Å². The minimum atomic E-state index is -0.568. The zero-order valence-corrected chi connectivity index (χ0v) is 9.83. The molecule has 18 heavy (non-hydrogen) atoms. The third-order valence-corrected chi connectivity index (χ3v) is 2.93. The minimum absolute atomic E-state index is 0.121. The molecule has 2 rings (SSSR count). The molecule has 1 aromatic rings. The molecule has 0 bridgehead atoms. The van der Waals surface area contributed by atoms with E-state index in [4.69, 9.17) is 10.5 Å². The summed E-state index contributed by atoms with van der Waals surface area (Å²) in [6.07, 6.45) is 3.11. The number of nitrogens with zero attached hydrogens (tertiary/aromatic N) is 3. The number of rotatable bonds is 4. The first-order valence-corrected chi connectivity index (χ1v) is 5.75. The number of nitrogen functional groups attached to an aromatic ring is 1. The van der Waals surface area contributed by atoms with Crippen LogP contribution in [0.25, 0.3) is 0 Å². The molecule has 1 aliphatic rings. The van der Waals surface area contributed by atoms with Crippen LogP contribution in [0.2, 0.25) is 0 Å². The van der Waals surface area contributed by atoms with Crippen molar-refractivity contribution in [1.82, 2.24) is 9.97 Å². The number of hydrogen-bond donors (Lipinski definition) is 2. The van der Waals surface area contributed by atoms with E-state index in [9.17, 15) is 10.1 Å². The summed E-state index contributed by atoms with van der Waals surface area (Å²) in [5.41, 5.74) is 5.22. The molecule has 98 valence electrons. The molecule has 1 saturated heterocycles. The van der Waals surface area contributed by atoms with Gasteiger partial charge in [-0.05, 0) is 18.8 Å². The van der Waals surface area contributed by atoms with Crippen molar-refractivity contribution in [1.29, 1.82) is 0 Å². The van der Waals surface area contributed by atoms with Crippen molar-refractivity contribution < 1.29 is 9.66 Å². The maximum atomic E-state index is 10.9. The van der Waals surface area contributed by atoms with E-state index < -0.39 is 4.92 Å². The Kier molecular flexibility index (Phi) is 3.88. The van der Waals surface area contributed by atoms with E-state index in [0.717, 1.165) is 26.1 Å². The van der Waals surface area contributed by atoms with Crippen LogP contribution in [-0.4, -0.2) is 34.6 Å². The fraction of sp³-hybridized carbons (Fsp3) is 0.600. The molecule has 1 fully saturated rings. The molecule has 0 saturated carbocycles. The van der Waals surface area contributed by atoms with Gasteiger partial charge in [-0.1, -0.05) is 0 Å². The summed E-state index contributed by atoms with van der Waals surface area (Å²) in [5, 5.41) is 13.9. The number of anilines is 2. The van der Waals surface area contributed by atoms with Gasteiger partial charge in [0.1, 0.15) is 6.33 Å². The Hall–Kier alpha value is -1.96. The van der Waals surface area contributed by atoms with Crippen molar-refractivity contribution in [3.05, 3.63) is 16.4 Å². The lowest BCUT2D eigenvalue weighted by molar-refractivity contribution is -0.383. The van der Waals surface area contributed by atoms with Crippen molar-refractivity contribution in [3.8, 4) is 0 Å². The lowest BCUT2D eigenvalue weighted by Crippen LogP contribution is -2.23. The summed E-state index contributed by atoms with van der Waals surface area (Å²) in [7, 11) is 0. The van der Waals surface area contributed by atoms with Gasteiger partial charge in [0.05, 0.1) is 4.92 Å². The molecule has 8 nitrogen and oxygen atoms in total. The second-order valence-corrected chi connectivity index (χ2v) is 4.15. The monoisotopic (exact) mass is 253 g/mol. The van der Waals surface area contributed by atoms with E-state index in [-0.39, 0.29) is 17.3 Å². The molecule has 0 radical (unpaired) electrons. The van der Waals surface area contributed by atoms with Crippen molar-refractivity contribution in [2.45, 2.75) is 12.8 Å². The Labute approximate surface area is 104 Å². The third-order valence-electron chi connectivity index (χ3n) is 2.93. The molecular formula is C10H15N5O3. The third kappa shape index (κ3) is 2.83. The van der Waals surface area contributed by atoms with Gasteiger partial charge in [0.2, 0.25) is 11.6 Å². The predicted molar refractivity (Wildman–Crippen MR) is 65.1 cm³/mol. The van der Waals surface area contributed by atoms with Gasteiger partial charge in [-0.15, -0.1) is 0 Å². The van der Waals surface area contributed by atoms with Gasteiger partial charge in [-0.3, -0.25) is 10.1 Å². The lowest BCUT2D eigenvalue weighted by atomic mass is 10.0. The highest BCUT2D eigenvalue weighted by Crippen LogP contribution is 2.27. The summed E-state index contributed by atoms with van der Waals surface area (Å²) in [6, 6.07) is 0. The Bertz CT molecular complexity index is 434. The van der Waals surface area contributed by atoms with Gasteiger partial charge in [-0.25, -0.2) is 9.97 Å². The average molecular weight is 253 g/mol. The highest BCUT2D eigenvalue weighted by atomic mass is 16.6. The topological polar surface area (TPSA) is 116 Å². The van der Waals surface area contributed by atoms with E-state index in [0.29, 0.717) is 12.5 Å². The smallest absolute Gasteiger partial charge is 0.352 e. The van der Waals surface area contributed by atoms with E-state index in [1.165, 1.54) is 6.33 Å². The van der Waals surface area contributed by atoms with Crippen LogP contribution in [0.5, 0.6) is 0 Å². The number of hydrogen-bond acceptors (Lipinski definition) is 7. The molecule has 2 heterocycles. The number of aromatic nitrogens is 2. The Balaban J connectivity index is 2.04. The normalized spacial score (nSPS) is 16.4. The second kappa shape index (κ2) is 5.58. The van der Waals surface area contributed by atoms with Crippen molar-refractivity contribution in [3.63, 3.8) is 0 Å². The Morgan fingerprint density at radius 3 is 2.89 bits per heavy atom. The SMILES string of the molecule is Nc1ncnc(NCC2CCOCC2)c1[N+](=O)[O-]. The fourth-order valence-electron chi connectivity index (χ4n) is 1.89. The van der Waals surface area contributed by atoms with Gasteiger partial charge in [0.15, 0.2) is 0 Å². The summed E-state index contributed by atoms with van der Waals surface area (Å²) >= 11 is 0. The molecule has 0 spiro atoms. The highest BCUT2D eigenvalue weighted by molar-refractivity contribution is 5.67. The zero-order valence-electron chi connectivity index (χ0n) is 9.83. The molecule has 0 aromatic carbocycles. The first kappa shape index (κ1) is 12.5. The average Bonchev–Trinajstić information content (AvgIpc) is 2.37. The first-order valence-electron chi connectivity index (χ1n) is 5.75. The second-order valence-electron chi connectivity index (χ2n) is 4.15. The molecule has 1 aromatic heterocycles. The van der Waals surface area contributed by atoms with Crippen molar-refractivity contribution in [2.75, 3.05) is 30.8 Å². The van der Waals surface area contributed by atoms with Gasteiger partial charge in [-0.2, -0.15) is 0 Å². The summed E-state index contributed by atoms with van der Waals surface area (Å²) in [4.78, 5) is 17.8. The van der Waals surface area contributed by atoms with E-state index >= 15 is 0 Å². The Morgan fingerprint density at radius 2 is 2.22 bits per heavy atom. The molecule has 0 atom stereocenters. The molecular weight excluding hydrogens is 238 g/mol. The number of ether oxygens (including phenoxy) is 1. The first-order chi connectivity index (χ1) is 8.68. The van der Waals surface area contributed by atoms with Crippen LogP contribution in [0.4, 0.5) is 17.3 Å². The molecule has 0 amide bonds. The van der Waals surface area contributed by atoms with Gasteiger partial charge in [0.25, 0.3) is 0 Å². The van der Waals surface area contributed by atoms with Crippen LogP contribution < -0.4 is 11.1 Å². The summed E-state index contributed by atoms with van der Waals surface area (Å²) in [5.74, 6) is 0.498. The lowest BCUT2D eigenvalue weighted by Gasteiger charge is -2.22. The molecule has 0 aliphatic carbocycles. The van der Waals surface area contributed by atoms with Gasteiger partial charge >= 0.3 is 5.69 Å². The largest absolute Gasteiger partial charge is 0.381 e. The molecule has 1 aliphatic heterocycles. The number of nitrogens with one attached hydrogen (secondary N) is 1. The maximum absolute atomic E-state index is 10.9. The fourth-order valence-corrected chi connectivity index (χ4v) is 1.89. The van der Waals surface area contributed by atoms with Gasteiger partial charge < -0.3 is 15.8 Å². The highest BCUT2D eigenvalue weighted by Gasteiger charge is 2.22. The maximum Gasteiger partial charge on any atom is 0.352 e.